The first-order chi connectivity index (χ1) is 71.6. The summed E-state index contributed by atoms with van der Waals surface area (Å²) in [5.74, 6) is 16.1. The van der Waals surface area contributed by atoms with E-state index in [1.54, 1.807) is 29.9 Å². The van der Waals surface area contributed by atoms with Crippen molar-refractivity contribution in [1.82, 2.24) is 9.13 Å². The minimum atomic E-state index is 0. The molecule has 1 N–H and O–H groups in total. The molecular formula is C139H113AlBN5O. The number of anilines is 6. The summed E-state index contributed by atoms with van der Waals surface area (Å²) >= 11 is 1.67. The van der Waals surface area contributed by atoms with Gasteiger partial charge in [0.05, 0.1) is 22.1 Å². The van der Waals surface area contributed by atoms with E-state index >= 15 is 0 Å². The van der Waals surface area contributed by atoms with E-state index < -0.39 is 0 Å². The topological polar surface area (TPSA) is 49.4 Å². The molecule has 706 valence electrons. The van der Waals surface area contributed by atoms with Crippen LogP contribution >= 0.6 is 0 Å². The van der Waals surface area contributed by atoms with Gasteiger partial charge in [-0.2, -0.15) is 0 Å². The third-order valence-electron chi connectivity index (χ3n) is 27.0. The van der Waals surface area contributed by atoms with Crippen molar-refractivity contribution < 1.29 is 4.74 Å². The van der Waals surface area contributed by atoms with Crippen LogP contribution in [0.5, 0.6) is 0 Å². The fourth-order valence-corrected chi connectivity index (χ4v) is 19.2. The van der Waals surface area contributed by atoms with Crippen molar-refractivity contribution in [1.29, 1.82) is 4.35 Å². The van der Waals surface area contributed by atoms with Crippen molar-refractivity contribution in [2.75, 3.05) is 23.0 Å². The molecule has 22 aromatic rings. The molecule has 6 nitrogen and oxygen atoms in total. The van der Waals surface area contributed by atoms with Crippen molar-refractivity contribution in [3.05, 3.63) is 515 Å². The zero-order chi connectivity index (χ0) is 99.0. The Bertz CT molecular complexity index is 8160. The van der Waals surface area contributed by atoms with Gasteiger partial charge in [0.1, 0.15) is 0 Å². The predicted molar refractivity (Wildman–Crippen MR) is 630 cm³/mol. The molecule has 1 aliphatic heterocycles. The molecule has 0 amide bonds. The molecular weight excluding hydrogens is 1790 g/mol. The first kappa shape index (κ1) is 101. The summed E-state index contributed by atoms with van der Waals surface area (Å²) in [6.07, 6.45) is 5.58. The van der Waals surface area contributed by atoms with Gasteiger partial charge in [0.25, 0.3) is 0 Å². The number of fused-ring (bicyclic) bond motifs is 6. The van der Waals surface area contributed by atoms with Crippen LogP contribution in [0, 0.1) is 39.9 Å². The van der Waals surface area contributed by atoms with E-state index in [0.29, 0.717) is 5.92 Å². The Balaban J connectivity index is 0.000000174. The molecule has 0 aliphatic carbocycles. The summed E-state index contributed by atoms with van der Waals surface area (Å²) in [5, 5.41) is 4.97. The molecule has 1 saturated heterocycles. The number of ether oxygens (including phenoxy) is 1. The second-order valence-corrected chi connectivity index (χ2v) is 35.9. The van der Waals surface area contributed by atoms with Crippen LogP contribution in [0.15, 0.2) is 504 Å². The normalized spacial score (nSPS) is 11.2. The van der Waals surface area contributed by atoms with Gasteiger partial charge in [0, 0.05) is 88.7 Å². The number of hydrogen-bond acceptors (Lipinski definition) is 4. The summed E-state index contributed by atoms with van der Waals surface area (Å²) < 4.78 is 15.4. The second-order valence-electron chi connectivity index (χ2n) is 35.9. The van der Waals surface area contributed by atoms with Crippen LogP contribution in [0.3, 0.4) is 0 Å². The van der Waals surface area contributed by atoms with Gasteiger partial charge in [-0.15, -0.1) is 0 Å². The average molecular weight is 1910 g/mol. The van der Waals surface area contributed by atoms with Crippen molar-refractivity contribution in [3.63, 3.8) is 0 Å². The van der Waals surface area contributed by atoms with E-state index in [2.05, 4.69) is 572 Å². The van der Waals surface area contributed by atoms with Crippen LogP contribution in [-0.2, 0) is 4.74 Å². The van der Waals surface area contributed by atoms with Crippen LogP contribution in [0.2, 0.25) is 0 Å². The molecule has 0 saturated carbocycles. The van der Waals surface area contributed by atoms with Crippen molar-refractivity contribution in [3.8, 4) is 158 Å². The van der Waals surface area contributed by atoms with E-state index in [1.807, 2.05) is 6.08 Å². The third kappa shape index (κ3) is 23.3. The van der Waals surface area contributed by atoms with Gasteiger partial charge in [-0.05, 0) is 331 Å². The Morgan fingerprint density at radius 1 is 0.279 bits per heavy atom. The quantitative estimate of drug-likeness (QED) is 0.0576. The van der Waals surface area contributed by atoms with Crippen molar-refractivity contribution in [2.24, 2.45) is 0 Å². The molecule has 147 heavy (non-hydrogen) atoms. The molecule has 1 aliphatic rings. The summed E-state index contributed by atoms with van der Waals surface area (Å²) in [6.45, 7) is 14.0. The summed E-state index contributed by atoms with van der Waals surface area (Å²) in [6, 6.07) is 180. The van der Waals surface area contributed by atoms with Gasteiger partial charge in [0.2, 0.25) is 0 Å². The first-order valence-electron chi connectivity index (χ1n) is 49.6. The number of nitrogens with zero attached hydrogens (tertiary/aromatic N) is 4. The minimum absolute atomic E-state index is 0. The number of aromatic nitrogens is 2. The third-order valence-corrected chi connectivity index (χ3v) is 27.0. The maximum atomic E-state index is 5.67. The Hall–Kier alpha value is -17.6. The number of hydrogen-bond donors (Lipinski definition) is 1. The fourth-order valence-electron chi connectivity index (χ4n) is 19.2. The van der Waals surface area contributed by atoms with Crippen LogP contribution in [-0.4, -0.2) is 46.9 Å². The van der Waals surface area contributed by atoms with E-state index in [0.717, 1.165) is 70.7 Å². The van der Waals surface area contributed by atoms with Crippen molar-refractivity contribution >= 4 is 108 Å². The molecule has 0 bridgehead atoms. The molecule has 1 atom stereocenters. The SMILES string of the molecule is C.C1CCOC1.C=Cc1ccc(-c2ccc3c(c2)c2cc(-c4ccc(-c5ccc(N(c6ccc(-c7ccccc7)cc6)c6ccc(-c7ccccc7)cc6)cc5)cc4)ccc2n3-c2ccccc2)cc1.CC#CC#CC#CC.CCC(C)c1ccc(-c2ccc3c(c2)c2cc(-c4ccc(-c5ccc(N(c6ccc(-c7ccccc7)cc6)c6ccc(-c7ccccc7)cc6)cc5)cc4)ccc2n3-c2ccccc2)cc1.[B].[NH]=[Al]. The molecule has 2 aromatic heterocycles. The molecule has 4 radical (unpaired) electrons. The van der Waals surface area contributed by atoms with E-state index in [9.17, 15) is 0 Å². The summed E-state index contributed by atoms with van der Waals surface area (Å²) in [4.78, 5) is 4.68. The number of benzene rings is 20. The fraction of sp³-hybridized carbons (Fsp3) is 0.0791. The van der Waals surface area contributed by atoms with Gasteiger partial charge >= 0.3 is 20.4 Å². The van der Waals surface area contributed by atoms with Gasteiger partial charge < -0.3 is 23.7 Å². The van der Waals surface area contributed by atoms with Gasteiger partial charge in [0.15, 0.2) is 0 Å². The summed E-state index contributed by atoms with van der Waals surface area (Å²) in [5.41, 5.74) is 40.2. The molecule has 1 fully saturated rings. The molecule has 1 unspecified atom stereocenters. The Morgan fingerprint density at radius 2 is 0.476 bits per heavy atom. The Labute approximate surface area is 876 Å². The Morgan fingerprint density at radius 3 is 0.687 bits per heavy atom. The second kappa shape index (κ2) is 48.9. The number of nitrogens with one attached hydrogen (secondary N) is 1. The summed E-state index contributed by atoms with van der Waals surface area (Å²) in [7, 11) is 0. The van der Waals surface area contributed by atoms with Gasteiger partial charge in [-0.25, -0.2) is 0 Å². The molecule has 3 heterocycles. The average Bonchev–Trinajstić information content (AvgIpc) is 1.58. The maximum absolute atomic E-state index is 5.67. The zero-order valence-corrected chi connectivity index (χ0v) is 83.7. The van der Waals surface area contributed by atoms with Crippen LogP contribution in [0.1, 0.15) is 71.4 Å². The van der Waals surface area contributed by atoms with Crippen molar-refractivity contribution in [2.45, 2.75) is 60.3 Å². The van der Waals surface area contributed by atoms with E-state index in [4.69, 9.17) is 9.08 Å². The molecule has 23 rings (SSSR count). The number of rotatable bonds is 21. The molecule has 20 aromatic carbocycles. The molecule has 0 spiro atoms. The first-order valence-corrected chi connectivity index (χ1v) is 50.2. The van der Waals surface area contributed by atoms with Crippen LogP contribution in [0.25, 0.3) is 172 Å². The molecule has 8 heteroatoms. The van der Waals surface area contributed by atoms with E-state index in [1.165, 1.54) is 173 Å². The zero-order valence-electron chi connectivity index (χ0n) is 82.6. The monoisotopic (exact) mass is 1910 g/mol. The van der Waals surface area contributed by atoms with Crippen LogP contribution < -0.4 is 9.80 Å². The standard InChI is InChI=1S/C64H50N2.C62H44N2.C8H6.C4H8O.CH4.Al.B.HN/c1-3-45(2)46-19-21-53(22-20-46)55-33-41-63-61(43-55)62-44-56(34-42-64(62)66(63)57-17-11-6-12-18-57)54-25-23-49(24-26-54)52-31-39-60(40-32-52)65(58-35-27-50(28-36-58)47-13-7-4-8-14-47)59-37-29-51(30-38-59)48-15-9-5-10-16-48;1-2-44-18-20-51(21-19-44)53-32-40-61-59(42-53)60-43-54(33-41-62(60)64(61)55-16-10-5-11-17-55)52-24-22-47(23-25-52)50-30-38-58(39-31-50)63(56-34-26-48(27-35-56)45-12-6-3-7-13-45)57-36-28-49(29-37-57)46-14-8-4-9-15-46;1-3-5-7-8-6-4-2;1-2-4-5-3-1;;;;/h4-45H,3H2,1-2H3;2-43H,1H2;1-2H3;1-4H2;1H4;;;1H. The van der Waals surface area contributed by atoms with Gasteiger partial charge in [-0.3, -0.25) is 0 Å². The van der Waals surface area contributed by atoms with Crippen LogP contribution in [0.4, 0.5) is 34.1 Å². The van der Waals surface area contributed by atoms with Gasteiger partial charge in [-0.1, -0.05) is 398 Å². The Kier molecular flexibility index (Phi) is 33.6. The number of para-hydroxylation sites is 2. The predicted octanol–water partition coefficient (Wildman–Crippen LogP) is 37.3. The van der Waals surface area contributed by atoms with E-state index in [-0.39, 0.29) is 15.8 Å².